The van der Waals surface area contributed by atoms with Crippen LogP contribution in [0.15, 0.2) is 9.89 Å². The Labute approximate surface area is 59.7 Å². The van der Waals surface area contributed by atoms with Crippen LogP contribution < -0.4 is 0 Å². The molecule has 2 nitrogen and oxygen atoms in total. The van der Waals surface area contributed by atoms with E-state index in [2.05, 4.69) is 15.9 Å². The Hall–Kier alpha value is 0.490. The minimum atomic E-state index is -0.722. The smallest absolute Gasteiger partial charge is 0.134 e. The van der Waals surface area contributed by atoms with E-state index in [1.54, 1.807) is 5.41 Å². The summed E-state index contributed by atoms with van der Waals surface area (Å²) in [5.74, 6) is 0. The summed E-state index contributed by atoms with van der Waals surface area (Å²) in [6.07, 6.45) is -0.722. The molecule has 0 saturated heterocycles. The summed E-state index contributed by atoms with van der Waals surface area (Å²) in [6, 6.07) is 0. The molecule has 1 aliphatic heterocycles. The first-order valence-electron chi connectivity index (χ1n) is 2.09. The van der Waals surface area contributed by atoms with Gasteiger partial charge < -0.3 is 10.2 Å². The minimum Gasteiger partial charge on any atom is -0.384 e. The first kappa shape index (κ1) is 6.61. The van der Waals surface area contributed by atoms with Gasteiger partial charge in [-0.25, -0.2) is 0 Å². The molecule has 1 heterocycles. The predicted octanol–water partition coefficient (Wildman–Crippen LogP) is 0.649. The van der Waals surface area contributed by atoms with E-state index >= 15 is 0 Å². The molecule has 0 spiro atoms. The summed E-state index contributed by atoms with van der Waals surface area (Å²) in [4.78, 5) is 0. The largest absolute Gasteiger partial charge is 0.384 e. The summed E-state index contributed by atoms with van der Waals surface area (Å²) in [5, 5.41) is 19.4. The van der Waals surface area contributed by atoms with Crippen LogP contribution in [0.25, 0.3) is 0 Å². The number of halogens is 1. The third-order valence-electron chi connectivity index (χ3n) is 0.873. The van der Waals surface area contributed by atoms with Crippen LogP contribution in [0.2, 0.25) is 0 Å². The van der Waals surface area contributed by atoms with Crippen molar-refractivity contribution in [2.75, 3.05) is 0 Å². The molecule has 0 aromatic heterocycles. The van der Waals surface area contributed by atoms with E-state index in [-0.39, 0.29) is 0 Å². The van der Waals surface area contributed by atoms with Gasteiger partial charge >= 0.3 is 0 Å². The molecular weight excluding hydrogens is 192 g/mol. The minimum absolute atomic E-state index is 0.662. The zero-order valence-electron chi connectivity index (χ0n) is 3.91. The van der Waals surface area contributed by atoms with E-state index in [9.17, 15) is 0 Å². The third-order valence-corrected chi connectivity index (χ3v) is 2.80. The van der Waals surface area contributed by atoms with Crippen LogP contribution in [0.4, 0.5) is 0 Å². The van der Waals surface area contributed by atoms with Gasteiger partial charge in [0.1, 0.15) is 11.5 Å². The Morgan fingerprint density at radius 3 is 2.38 bits per heavy atom. The standard InChI is InChI=1S/C4H5BrO2S/c5-2-1-8-4(7)3(2)6/h1,3-4,6-7H/t3-,4-/m1/s1. The van der Waals surface area contributed by atoms with Crippen LogP contribution in [-0.2, 0) is 0 Å². The number of thioether (sulfide) groups is 1. The van der Waals surface area contributed by atoms with Crippen LogP contribution in [-0.4, -0.2) is 21.8 Å². The summed E-state index contributed by atoms with van der Waals surface area (Å²) >= 11 is 4.28. The van der Waals surface area contributed by atoms with Gasteiger partial charge in [0.2, 0.25) is 0 Å². The highest BCUT2D eigenvalue weighted by Crippen LogP contribution is 2.31. The lowest BCUT2D eigenvalue weighted by Crippen LogP contribution is -2.17. The van der Waals surface area contributed by atoms with Gasteiger partial charge in [-0.05, 0) is 5.41 Å². The van der Waals surface area contributed by atoms with Gasteiger partial charge in [-0.2, -0.15) is 0 Å². The topological polar surface area (TPSA) is 40.5 Å². The lowest BCUT2D eigenvalue weighted by Gasteiger charge is -2.05. The molecule has 0 bridgehead atoms. The average Bonchev–Trinajstić information content (AvgIpc) is 1.98. The molecule has 0 amide bonds. The Bertz CT molecular complexity index is 125. The Morgan fingerprint density at radius 2 is 2.25 bits per heavy atom. The quantitative estimate of drug-likeness (QED) is 0.598. The van der Waals surface area contributed by atoms with Crippen LogP contribution >= 0.6 is 27.7 Å². The third kappa shape index (κ3) is 1.07. The van der Waals surface area contributed by atoms with E-state index in [0.717, 1.165) is 0 Å². The molecule has 8 heavy (non-hydrogen) atoms. The molecule has 1 rings (SSSR count). The van der Waals surface area contributed by atoms with Crippen molar-refractivity contribution in [2.24, 2.45) is 0 Å². The Kier molecular flexibility index (Phi) is 1.97. The molecule has 0 aromatic rings. The van der Waals surface area contributed by atoms with Gasteiger partial charge in [0.15, 0.2) is 0 Å². The second kappa shape index (κ2) is 2.39. The molecule has 0 unspecified atom stereocenters. The number of hydrogen-bond donors (Lipinski definition) is 2. The van der Waals surface area contributed by atoms with Gasteiger partial charge in [0.05, 0.1) is 0 Å². The number of aliphatic hydroxyl groups is 2. The molecule has 0 fully saturated rings. The SMILES string of the molecule is O[C@@H]1SC=C(Br)[C@H]1O. The molecule has 2 N–H and O–H groups in total. The van der Waals surface area contributed by atoms with Crippen molar-refractivity contribution in [1.29, 1.82) is 0 Å². The summed E-state index contributed by atoms with van der Waals surface area (Å²) in [6.45, 7) is 0. The lowest BCUT2D eigenvalue weighted by atomic mass is 10.4. The Morgan fingerprint density at radius 1 is 1.62 bits per heavy atom. The van der Waals surface area contributed by atoms with Gasteiger partial charge in [0.25, 0.3) is 0 Å². The Balaban J connectivity index is 2.59. The first-order valence-corrected chi connectivity index (χ1v) is 3.82. The zero-order valence-corrected chi connectivity index (χ0v) is 6.32. The fourth-order valence-corrected chi connectivity index (χ4v) is 1.87. The maximum Gasteiger partial charge on any atom is 0.134 e. The van der Waals surface area contributed by atoms with Crippen LogP contribution in [0.1, 0.15) is 0 Å². The number of aliphatic hydroxyl groups excluding tert-OH is 2. The molecule has 0 saturated carbocycles. The molecule has 0 aliphatic carbocycles. The van der Waals surface area contributed by atoms with Crippen LogP contribution in [0.3, 0.4) is 0 Å². The fraction of sp³-hybridized carbons (Fsp3) is 0.500. The van der Waals surface area contributed by atoms with Crippen molar-refractivity contribution < 1.29 is 10.2 Å². The maximum atomic E-state index is 8.88. The first-order chi connectivity index (χ1) is 3.72. The van der Waals surface area contributed by atoms with Crippen molar-refractivity contribution in [2.45, 2.75) is 11.5 Å². The van der Waals surface area contributed by atoms with Gasteiger partial charge in [-0.3, -0.25) is 0 Å². The van der Waals surface area contributed by atoms with Crippen molar-refractivity contribution in [3.05, 3.63) is 9.89 Å². The molecule has 1 aliphatic rings. The molecule has 0 radical (unpaired) electrons. The van der Waals surface area contributed by atoms with Crippen molar-refractivity contribution in [3.63, 3.8) is 0 Å². The summed E-state index contributed by atoms with van der Waals surface area (Å²) in [5.41, 5.74) is -0.677. The van der Waals surface area contributed by atoms with E-state index in [1.165, 1.54) is 11.8 Å². The maximum absolute atomic E-state index is 8.88. The van der Waals surface area contributed by atoms with E-state index < -0.39 is 11.5 Å². The normalized spacial score (nSPS) is 37.6. The molecule has 2 atom stereocenters. The van der Waals surface area contributed by atoms with E-state index in [1.807, 2.05) is 0 Å². The average molecular weight is 197 g/mol. The van der Waals surface area contributed by atoms with Gasteiger partial charge in [-0.1, -0.05) is 27.7 Å². The van der Waals surface area contributed by atoms with Crippen LogP contribution in [0, 0.1) is 0 Å². The summed E-state index contributed by atoms with van der Waals surface area (Å²) in [7, 11) is 0. The second-order valence-corrected chi connectivity index (χ2v) is 3.38. The van der Waals surface area contributed by atoms with Crippen molar-refractivity contribution in [3.8, 4) is 0 Å². The fourth-order valence-electron chi connectivity index (χ4n) is 0.415. The van der Waals surface area contributed by atoms with Crippen LogP contribution in [0.5, 0.6) is 0 Å². The monoisotopic (exact) mass is 196 g/mol. The van der Waals surface area contributed by atoms with Crippen molar-refractivity contribution >= 4 is 27.7 Å². The zero-order chi connectivity index (χ0) is 6.15. The molecule has 0 aromatic carbocycles. The number of hydrogen-bond acceptors (Lipinski definition) is 3. The second-order valence-electron chi connectivity index (χ2n) is 1.47. The highest BCUT2D eigenvalue weighted by Gasteiger charge is 2.24. The highest BCUT2D eigenvalue weighted by molar-refractivity contribution is 9.11. The lowest BCUT2D eigenvalue weighted by molar-refractivity contribution is 0.109. The predicted molar refractivity (Wildman–Crippen MR) is 36.6 cm³/mol. The molecule has 4 heteroatoms. The molecular formula is C4H5BrO2S. The van der Waals surface area contributed by atoms with Crippen molar-refractivity contribution in [1.82, 2.24) is 0 Å². The van der Waals surface area contributed by atoms with Gasteiger partial charge in [-0.15, -0.1) is 0 Å². The van der Waals surface area contributed by atoms with Gasteiger partial charge in [0, 0.05) is 4.48 Å². The highest BCUT2D eigenvalue weighted by atomic mass is 79.9. The summed E-state index contributed by atoms with van der Waals surface area (Å²) < 4.78 is 0.662. The number of rotatable bonds is 0. The van der Waals surface area contributed by atoms with E-state index in [0.29, 0.717) is 4.48 Å². The van der Waals surface area contributed by atoms with E-state index in [4.69, 9.17) is 10.2 Å². The molecule has 46 valence electrons.